The molecule has 0 bridgehead atoms. The molecule has 5 nitrogen and oxygen atoms in total. The summed E-state index contributed by atoms with van der Waals surface area (Å²) >= 11 is 0. The first-order valence-corrected chi connectivity index (χ1v) is 6.31. The number of benzene rings is 2. The number of hydrogen-bond acceptors (Lipinski definition) is 5. The smallest absolute Gasteiger partial charge is 0.338 e. The zero-order chi connectivity index (χ0) is 15.2. The van der Waals surface area contributed by atoms with Gasteiger partial charge in [0.15, 0.2) is 0 Å². The van der Waals surface area contributed by atoms with Crippen molar-refractivity contribution in [3.05, 3.63) is 53.6 Å². The van der Waals surface area contributed by atoms with Crippen LogP contribution in [0.4, 0.5) is 0 Å². The Labute approximate surface area is 122 Å². The Morgan fingerprint density at radius 1 is 1.10 bits per heavy atom. The lowest BCUT2D eigenvalue weighted by Crippen LogP contribution is -2.06. The number of carbonyl (C=O) groups is 1. The summed E-state index contributed by atoms with van der Waals surface area (Å²) < 4.78 is 15.6. The van der Waals surface area contributed by atoms with Gasteiger partial charge in [-0.3, -0.25) is 0 Å². The minimum atomic E-state index is -0.518. The highest BCUT2D eigenvalue weighted by molar-refractivity contribution is 5.89. The van der Waals surface area contributed by atoms with Gasteiger partial charge in [-0.25, -0.2) is 4.79 Å². The van der Waals surface area contributed by atoms with Crippen LogP contribution in [0.5, 0.6) is 17.2 Å². The van der Waals surface area contributed by atoms with Gasteiger partial charge in [0.05, 0.1) is 19.8 Å². The van der Waals surface area contributed by atoms with Gasteiger partial charge in [-0.2, -0.15) is 0 Å². The fraction of sp³-hybridized carbons (Fsp3) is 0.188. The van der Waals surface area contributed by atoms with E-state index in [0.717, 1.165) is 0 Å². The fourth-order valence-electron chi connectivity index (χ4n) is 1.85. The van der Waals surface area contributed by atoms with Crippen LogP contribution in [0.3, 0.4) is 0 Å². The summed E-state index contributed by atoms with van der Waals surface area (Å²) in [5, 5.41) is 9.35. The van der Waals surface area contributed by atoms with Crippen molar-refractivity contribution >= 4 is 5.97 Å². The van der Waals surface area contributed by atoms with Gasteiger partial charge in [-0.1, -0.05) is 6.07 Å². The number of phenols is 1. The second-order valence-corrected chi connectivity index (χ2v) is 4.30. The van der Waals surface area contributed by atoms with Gasteiger partial charge < -0.3 is 19.3 Å². The van der Waals surface area contributed by atoms with Crippen LogP contribution in [0, 0.1) is 0 Å². The second kappa shape index (κ2) is 6.65. The van der Waals surface area contributed by atoms with Crippen LogP contribution in [-0.2, 0) is 11.3 Å². The molecule has 0 spiro atoms. The van der Waals surface area contributed by atoms with E-state index in [0.29, 0.717) is 17.1 Å². The molecule has 0 aliphatic carbocycles. The summed E-state index contributed by atoms with van der Waals surface area (Å²) in [6, 6.07) is 11.3. The highest BCUT2D eigenvalue weighted by atomic mass is 16.5. The summed E-state index contributed by atoms with van der Waals surface area (Å²) in [7, 11) is 3.10. The summed E-state index contributed by atoms with van der Waals surface area (Å²) in [5.74, 6) is 0.762. The average molecular weight is 288 g/mol. The Morgan fingerprint density at radius 2 is 1.90 bits per heavy atom. The van der Waals surface area contributed by atoms with Crippen LogP contribution >= 0.6 is 0 Å². The Hall–Kier alpha value is -2.69. The van der Waals surface area contributed by atoms with E-state index < -0.39 is 5.97 Å². The maximum Gasteiger partial charge on any atom is 0.338 e. The van der Waals surface area contributed by atoms with E-state index in [2.05, 4.69) is 0 Å². The molecule has 2 rings (SSSR count). The molecule has 0 saturated carbocycles. The molecule has 110 valence electrons. The molecule has 21 heavy (non-hydrogen) atoms. The van der Waals surface area contributed by atoms with Gasteiger partial charge >= 0.3 is 5.97 Å². The number of esters is 1. The topological polar surface area (TPSA) is 65.0 Å². The third-order valence-electron chi connectivity index (χ3n) is 2.93. The Kier molecular flexibility index (Phi) is 4.66. The van der Waals surface area contributed by atoms with Gasteiger partial charge in [0, 0.05) is 5.56 Å². The molecule has 5 heteroatoms. The minimum Gasteiger partial charge on any atom is -0.508 e. The summed E-state index contributed by atoms with van der Waals surface area (Å²) in [6.45, 7) is 0.0505. The quantitative estimate of drug-likeness (QED) is 0.857. The zero-order valence-electron chi connectivity index (χ0n) is 11.8. The number of hydrogen-bond donors (Lipinski definition) is 1. The van der Waals surface area contributed by atoms with E-state index >= 15 is 0 Å². The SMILES string of the molecule is COc1ccc(OC)c(COC(=O)c2cccc(O)c2)c1. The lowest BCUT2D eigenvalue weighted by Gasteiger charge is -2.11. The predicted molar refractivity (Wildman–Crippen MR) is 76.8 cm³/mol. The first kappa shape index (κ1) is 14.7. The average Bonchev–Trinajstić information content (AvgIpc) is 2.52. The van der Waals surface area contributed by atoms with Crippen LogP contribution in [0.15, 0.2) is 42.5 Å². The van der Waals surface area contributed by atoms with E-state index in [1.165, 1.54) is 12.1 Å². The van der Waals surface area contributed by atoms with Crippen molar-refractivity contribution in [1.82, 2.24) is 0 Å². The van der Waals surface area contributed by atoms with Crippen molar-refractivity contribution in [3.63, 3.8) is 0 Å². The Morgan fingerprint density at radius 3 is 2.57 bits per heavy atom. The fourth-order valence-corrected chi connectivity index (χ4v) is 1.85. The molecule has 0 atom stereocenters. The van der Waals surface area contributed by atoms with Gasteiger partial charge in [-0.15, -0.1) is 0 Å². The Bertz CT molecular complexity index is 636. The molecule has 0 amide bonds. The summed E-state index contributed by atoms with van der Waals surface area (Å²) in [6.07, 6.45) is 0. The van der Waals surface area contributed by atoms with Crippen molar-refractivity contribution in [2.24, 2.45) is 0 Å². The monoisotopic (exact) mass is 288 g/mol. The lowest BCUT2D eigenvalue weighted by molar-refractivity contribution is 0.0469. The third-order valence-corrected chi connectivity index (χ3v) is 2.93. The molecule has 0 aliphatic heterocycles. The molecule has 0 aliphatic rings. The minimum absolute atomic E-state index is 0.0170. The van der Waals surface area contributed by atoms with Crippen LogP contribution in [0.1, 0.15) is 15.9 Å². The van der Waals surface area contributed by atoms with E-state index in [4.69, 9.17) is 14.2 Å². The third kappa shape index (κ3) is 3.66. The number of carbonyl (C=O) groups excluding carboxylic acids is 1. The lowest BCUT2D eigenvalue weighted by atomic mass is 10.2. The molecule has 0 fully saturated rings. The first-order chi connectivity index (χ1) is 10.1. The maximum absolute atomic E-state index is 11.9. The predicted octanol–water partition coefficient (Wildman–Crippen LogP) is 2.77. The van der Waals surface area contributed by atoms with E-state index in [1.807, 2.05) is 0 Å². The molecule has 0 saturated heterocycles. The summed E-state index contributed by atoms with van der Waals surface area (Å²) in [4.78, 5) is 11.9. The second-order valence-electron chi connectivity index (χ2n) is 4.30. The molecule has 0 aromatic heterocycles. The van der Waals surface area contributed by atoms with Crippen LogP contribution in [-0.4, -0.2) is 25.3 Å². The van der Waals surface area contributed by atoms with Crippen molar-refractivity contribution in [2.45, 2.75) is 6.61 Å². The number of phenolic OH excluding ortho intramolecular Hbond substituents is 1. The van der Waals surface area contributed by atoms with Crippen LogP contribution < -0.4 is 9.47 Å². The maximum atomic E-state index is 11.9. The number of rotatable bonds is 5. The largest absolute Gasteiger partial charge is 0.508 e. The van der Waals surface area contributed by atoms with E-state index in [9.17, 15) is 9.90 Å². The Balaban J connectivity index is 2.10. The van der Waals surface area contributed by atoms with Crippen molar-refractivity contribution in [1.29, 1.82) is 0 Å². The van der Waals surface area contributed by atoms with Gasteiger partial charge in [-0.05, 0) is 36.4 Å². The highest BCUT2D eigenvalue weighted by Crippen LogP contribution is 2.25. The zero-order valence-corrected chi connectivity index (χ0v) is 11.8. The molecule has 2 aromatic carbocycles. The molecular weight excluding hydrogens is 272 g/mol. The van der Waals surface area contributed by atoms with Crippen molar-refractivity contribution in [3.8, 4) is 17.2 Å². The standard InChI is InChI=1S/C16H16O5/c1-19-14-6-7-15(20-2)12(9-14)10-21-16(18)11-4-3-5-13(17)8-11/h3-9,17H,10H2,1-2H3. The molecule has 0 unspecified atom stereocenters. The summed E-state index contributed by atoms with van der Waals surface area (Å²) in [5.41, 5.74) is 0.988. The molecular formula is C16H16O5. The van der Waals surface area contributed by atoms with Gasteiger partial charge in [0.1, 0.15) is 23.9 Å². The molecule has 2 aromatic rings. The van der Waals surface area contributed by atoms with Crippen molar-refractivity contribution in [2.75, 3.05) is 14.2 Å². The van der Waals surface area contributed by atoms with Gasteiger partial charge in [0.25, 0.3) is 0 Å². The molecule has 0 heterocycles. The van der Waals surface area contributed by atoms with Crippen molar-refractivity contribution < 1.29 is 24.1 Å². The van der Waals surface area contributed by atoms with Crippen LogP contribution in [0.2, 0.25) is 0 Å². The van der Waals surface area contributed by atoms with E-state index in [-0.39, 0.29) is 17.9 Å². The highest BCUT2D eigenvalue weighted by Gasteiger charge is 2.11. The molecule has 0 radical (unpaired) electrons. The van der Waals surface area contributed by atoms with E-state index in [1.54, 1.807) is 44.6 Å². The van der Waals surface area contributed by atoms with Crippen LogP contribution in [0.25, 0.3) is 0 Å². The normalized spacial score (nSPS) is 10.0. The number of ether oxygens (including phenoxy) is 3. The number of aromatic hydroxyl groups is 1. The first-order valence-electron chi connectivity index (χ1n) is 6.31. The molecule has 1 N–H and O–H groups in total. The number of methoxy groups -OCH3 is 2. The van der Waals surface area contributed by atoms with Gasteiger partial charge in [0.2, 0.25) is 0 Å².